The number of aryl methyl sites for hydroxylation is 1. The molecule has 2 aliphatic rings. The number of ether oxygens (including phenoxy) is 2. The maximum Gasteiger partial charge on any atom is 0.231 e. The predicted molar refractivity (Wildman–Crippen MR) is 66.6 cm³/mol. The van der Waals surface area contributed by atoms with E-state index in [0.717, 1.165) is 24.5 Å². The van der Waals surface area contributed by atoms with Crippen LogP contribution in [0.1, 0.15) is 30.4 Å². The zero-order valence-electron chi connectivity index (χ0n) is 10.3. The van der Waals surface area contributed by atoms with Gasteiger partial charge in [-0.3, -0.25) is 0 Å². The van der Waals surface area contributed by atoms with Crippen molar-refractivity contribution in [3.63, 3.8) is 0 Å². The van der Waals surface area contributed by atoms with E-state index in [9.17, 15) is 0 Å². The molecule has 3 rings (SSSR count). The van der Waals surface area contributed by atoms with E-state index in [4.69, 9.17) is 9.47 Å². The number of hydrogen-bond donors (Lipinski definition) is 1. The van der Waals surface area contributed by atoms with Crippen molar-refractivity contribution in [1.82, 2.24) is 5.32 Å². The van der Waals surface area contributed by atoms with Gasteiger partial charge in [0.2, 0.25) is 6.79 Å². The van der Waals surface area contributed by atoms with E-state index in [2.05, 4.69) is 24.4 Å². The molecular formula is C14H19NO2. The molecule has 0 bridgehead atoms. The van der Waals surface area contributed by atoms with Crippen LogP contribution in [0.25, 0.3) is 0 Å². The molecule has 17 heavy (non-hydrogen) atoms. The van der Waals surface area contributed by atoms with Gasteiger partial charge in [0, 0.05) is 6.04 Å². The Morgan fingerprint density at radius 1 is 1.24 bits per heavy atom. The van der Waals surface area contributed by atoms with Crippen molar-refractivity contribution in [2.45, 2.75) is 38.6 Å². The topological polar surface area (TPSA) is 30.5 Å². The lowest BCUT2D eigenvalue weighted by molar-refractivity contribution is 0.174. The Morgan fingerprint density at radius 2 is 2.06 bits per heavy atom. The molecule has 2 aliphatic heterocycles. The van der Waals surface area contributed by atoms with E-state index in [0.29, 0.717) is 12.8 Å². The lowest BCUT2D eigenvalue weighted by Gasteiger charge is -2.24. The van der Waals surface area contributed by atoms with Crippen LogP contribution in [0.4, 0.5) is 0 Å². The Balaban J connectivity index is 1.78. The first-order chi connectivity index (χ1) is 8.33. The van der Waals surface area contributed by atoms with Crippen molar-refractivity contribution in [1.29, 1.82) is 0 Å². The monoisotopic (exact) mass is 233 g/mol. The number of hydrogen-bond acceptors (Lipinski definition) is 3. The molecule has 0 saturated carbocycles. The van der Waals surface area contributed by atoms with Gasteiger partial charge in [-0.15, -0.1) is 0 Å². The summed E-state index contributed by atoms with van der Waals surface area (Å²) in [4.78, 5) is 0. The van der Waals surface area contributed by atoms with E-state index < -0.39 is 0 Å². The zero-order chi connectivity index (χ0) is 11.7. The molecule has 2 heterocycles. The van der Waals surface area contributed by atoms with Crippen molar-refractivity contribution in [2.24, 2.45) is 0 Å². The molecule has 1 aromatic rings. The highest BCUT2D eigenvalue weighted by molar-refractivity contribution is 5.48. The van der Waals surface area contributed by atoms with Crippen molar-refractivity contribution < 1.29 is 9.47 Å². The second-order valence-corrected chi connectivity index (χ2v) is 4.98. The van der Waals surface area contributed by atoms with Crippen LogP contribution in [0.3, 0.4) is 0 Å². The number of nitrogens with one attached hydrogen (secondary N) is 1. The Kier molecular flexibility index (Phi) is 2.93. The second-order valence-electron chi connectivity index (χ2n) is 4.98. The molecule has 1 saturated heterocycles. The summed E-state index contributed by atoms with van der Waals surface area (Å²) in [5.41, 5.74) is 2.69. The summed E-state index contributed by atoms with van der Waals surface area (Å²) in [6.45, 7) is 3.67. The number of rotatable bonds is 2. The summed E-state index contributed by atoms with van der Waals surface area (Å²) < 4.78 is 10.8. The van der Waals surface area contributed by atoms with Crippen LogP contribution in [0.2, 0.25) is 0 Å². The molecule has 0 aromatic heterocycles. The molecule has 3 nitrogen and oxygen atoms in total. The Labute approximate surface area is 102 Å². The summed E-state index contributed by atoms with van der Waals surface area (Å²) in [5.74, 6) is 1.80. The summed E-state index contributed by atoms with van der Waals surface area (Å²) in [6, 6.07) is 4.87. The molecule has 1 atom stereocenters. The van der Waals surface area contributed by atoms with E-state index in [1.807, 2.05) is 0 Å². The summed E-state index contributed by atoms with van der Waals surface area (Å²) in [5, 5.41) is 3.59. The third-order valence-corrected chi connectivity index (χ3v) is 3.71. The molecule has 0 radical (unpaired) electrons. The van der Waals surface area contributed by atoms with E-state index in [1.54, 1.807) is 0 Å². The lowest BCUT2D eigenvalue weighted by Crippen LogP contribution is -2.35. The van der Waals surface area contributed by atoms with E-state index >= 15 is 0 Å². The molecule has 92 valence electrons. The molecule has 0 amide bonds. The van der Waals surface area contributed by atoms with Crippen molar-refractivity contribution in [3.05, 3.63) is 23.3 Å². The van der Waals surface area contributed by atoms with Crippen LogP contribution in [-0.2, 0) is 6.42 Å². The van der Waals surface area contributed by atoms with Crippen LogP contribution in [0.5, 0.6) is 11.5 Å². The Hall–Kier alpha value is -1.22. The Morgan fingerprint density at radius 3 is 2.82 bits per heavy atom. The van der Waals surface area contributed by atoms with E-state index in [-0.39, 0.29) is 0 Å². The molecule has 1 N–H and O–H groups in total. The molecule has 0 aliphatic carbocycles. The van der Waals surface area contributed by atoms with Gasteiger partial charge >= 0.3 is 0 Å². The normalized spacial score (nSPS) is 22.8. The van der Waals surface area contributed by atoms with Gasteiger partial charge in [0.15, 0.2) is 11.5 Å². The van der Waals surface area contributed by atoms with Gasteiger partial charge in [-0.05, 0) is 56.0 Å². The average molecular weight is 233 g/mol. The van der Waals surface area contributed by atoms with Gasteiger partial charge < -0.3 is 14.8 Å². The largest absolute Gasteiger partial charge is 0.454 e. The fourth-order valence-corrected chi connectivity index (χ4v) is 2.67. The first-order valence-electron chi connectivity index (χ1n) is 6.45. The molecule has 1 unspecified atom stereocenters. The fourth-order valence-electron chi connectivity index (χ4n) is 2.67. The highest BCUT2D eigenvalue weighted by atomic mass is 16.7. The van der Waals surface area contributed by atoms with Gasteiger partial charge in [-0.2, -0.15) is 0 Å². The summed E-state index contributed by atoms with van der Waals surface area (Å²) in [7, 11) is 0. The number of piperidine rings is 1. The minimum absolute atomic E-state index is 0.361. The molecule has 1 aromatic carbocycles. The number of fused-ring (bicyclic) bond motifs is 1. The van der Waals surface area contributed by atoms with Crippen molar-refractivity contribution in [2.75, 3.05) is 13.3 Å². The lowest BCUT2D eigenvalue weighted by atomic mass is 9.95. The first-order valence-corrected chi connectivity index (χ1v) is 6.45. The van der Waals surface area contributed by atoms with Crippen LogP contribution in [0, 0.1) is 6.92 Å². The summed E-state index contributed by atoms with van der Waals surface area (Å²) >= 11 is 0. The SMILES string of the molecule is Cc1cc2c(cc1CC1CCCCN1)OCO2. The summed E-state index contributed by atoms with van der Waals surface area (Å²) in [6.07, 6.45) is 5.05. The van der Waals surface area contributed by atoms with Gasteiger partial charge in [-0.25, -0.2) is 0 Å². The quantitative estimate of drug-likeness (QED) is 0.851. The highest BCUT2D eigenvalue weighted by Crippen LogP contribution is 2.35. The van der Waals surface area contributed by atoms with Crippen LogP contribution >= 0.6 is 0 Å². The minimum atomic E-state index is 0.361. The van der Waals surface area contributed by atoms with Gasteiger partial charge in [-0.1, -0.05) is 6.42 Å². The number of benzene rings is 1. The molecule has 0 spiro atoms. The molecule has 3 heteroatoms. The van der Waals surface area contributed by atoms with Crippen LogP contribution < -0.4 is 14.8 Å². The standard InChI is InChI=1S/C14H19NO2/c1-10-6-13-14(17-9-16-13)8-11(10)7-12-4-2-3-5-15-12/h6,8,12,15H,2-5,7,9H2,1H3. The van der Waals surface area contributed by atoms with E-state index in [1.165, 1.54) is 30.4 Å². The minimum Gasteiger partial charge on any atom is -0.454 e. The first kappa shape index (κ1) is 10.9. The van der Waals surface area contributed by atoms with Gasteiger partial charge in [0.25, 0.3) is 0 Å². The molecular weight excluding hydrogens is 214 g/mol. The maximum atomic E-state index is 5.44. The third-order valence-electron chi connectivity index (χ3n) is 3.71. The van der Waals surface area contributed by atoms with Crippen molar-refractivity contribution >= 4 is 0 Å². The molecule has 1 fully saturated rings. The maximum absolute atomic E-state index is 5.44. The third kappa shape index (κ3) is 2.25. The van der Waals surface area contributed by atoms with Crippen LogP contribution in [0.15, 0.2) is 12.1 Å². The highest BCUT2D eigenvalue weighted by Gasteiger charge is 2.18. The van der Waals surface area contributed by atoms with Gasteiger partial charge in [0.1, 0.15) is 0 Å². The average Bonchev–Trinajstić information content (AvgIpc) is 2.78. The smallest absolute Gasteiger partial charge is 0.231 e. The van der Waals surface area contributed by atoms with Crippen LogP contribution in [-0.4, -0.2) is 19.4 Å². The van der Waals surface area contributed by atoms with Crippen molar-refractivity contribution in [3.8, 4) is 11.5 Å². The van der Waals surface area contributed by atoms with Gasteiger partial charge in [0.05, 0.1) is 0 Å². The Bertz CT molecular complexity index is 411. The fraction of sp³-hybridized carbons (Fsp3) is 0.571. The second kappa shape index (κ2) is 4.57. The zero-order valence-corrected chi connectivity index (χ0v) is 10.3. The predicted octanol–water partition coefficient (Wildman–Crippen LogP) is 2.41.